The lowest BCUT2D eigenvalue weighted by Crippen LogP contribution is -2.30. The summed E-state index contributed by atoms with van der Waals surface area (Å²) in [5, 5.41) is 10.6. The van der Waals surface area contributed by atoms with E-state index in [0.717, 1.165) is 108 Å². The van der Waals surface area contributed by atoms with Gasteiger partial charge in [-0.2, -0.15) is 0 Å². The van der Waals surface area contributed by atoms with Crippen molar-refractivity contribution < 1.29 is 80.2 Å². The van der Waals surface area contributed by atoms with Crippen molar-refractivity contribution in [1.29, 1.82) is 0 Å². The van der Waals surface area contributed by atoms with Crippen LogP contribution in [0.2, 0.25) is 0 Å². The molecule has 0 radical (unpaired) electrons. The molecule has 0 aliphatic carbocycles. The van der Waals surface area contributed by atoms with Crippen LogP contribution in [0.4, 0.5) is 0 Å². The largest absolute Gasteiger partial charge is 0.472 e. The van der Waals surface area contributed by atoms with Crippen LogP contribution in [0.1, 0.15) is 414 Å². The summed E-state index contributed by atoms with van der Waals surface area (Å²) in [6.07, 6.45) is 58.3. The van der Waals surface area contributed by atoms with Crippen LogP contribution in [0, 0.1) is 17.8 Å². The predicted molar refractivity (Wildman–Crippen MR) is 405 cm³/mol. The van der Waals surface area contributed by atoms with Gasteiger partial charge in [-0.15, -0.1) is 0 Å². The van der Waals surface area contributed by atoms with Gasteiger partial charge < -0.3 is 33.8 Å². The van der Waals surface area contributed by atoms with Gasteiger partial charge in [-0.1, -0.05) is 363 Å². The van der Waals surface area contributed by atoms with Crippen molar-refractivity contribution in [2.45, 2.75) is 433 Å². The molecule has 0 rings (SSSR count). The highest BCUT2D eigenvalue weighted by atomic mass is 31.2. The maximum Gasteiger partial charge on any atom is 0.472 e. The minimum atomic E-state index is -4.96. The van der Waals surface area contributed by atoms with Crippen LogP contribution in [0.5, 0.6) is 0 Å². The number of rotatable bonds is 78. The Bertz CT molecular complexity index is 1930. The van der Waals surface area contributed by atoms with E-state index in [-0.39, 0.29) is 25.7 Å². The summed E-state index contributed by atoms with van der Waals surface area (Å²) < 4.78 is 68.7. The third-order valence-electron chi connectivity index (χ3n) is 19.4. The van der Waals surface area contributed by atoms with Gasteiger partial charge in [-0.05, 0) is 43.4 Å². The molecule has 0 saturated carbocycles. The van der Waals surface area contributed by atoms with E-state index in [1.54, 1.807) is 0 Å². The molecule has 4 unspecified atom stereocenters. The molecule has 3 N–H and O–H groups in total. The molecule has 588 valence electrons. The average Bonchev–Trinajstić information content (AvgIpc) is 1.27. The lowest BCUT2D eigenvalue weighted by atomic mass is 9.99. The molecule has 0 aromatic carbocycles. The third-order valence-corrected chi connectivity index (χ3v) is 21.3. The van der Waals surface area contributed by atoms with E-state index < -0.39 is 97.5 Å². The second kappa shape index (κ2) is 70.4. The van der Waals surface area contributed by atoms with Crippen molar-refractivity contribution in [2.75, 3.05) is 39.6 Å². The van der Waals surface area contributed by atoms with Gasteiger partial charge >= 0.3 is 39.5 Å². The van der Waals surface area contributed by atoms with Crippen molar-refractivity contribution in [1.82, 2.24) is 0 Å². The molecular weight excluding hydrogens is 1290 g/mol. The van der Waals surface area contributed by atoms with Gasteiger partial charge in [0.2, 0.25) is 0 Å². The van der Waals surface area contributed by atoms with Crippen molar-refractivity contribution in [2.24, 2.45) is 17.8 Å². The lowest BCUT2D eigenvalue weighted by Gasteiger charge is -2.21. The summed E-state index contributed by atoms with van der Waals surface area (Å²) in [5.41, 5.74) is 0. The number of esters is 4. The first-order valence-electron chi connectivity index (χ1n) is 41.4. The molecule has 0 aromatic heterocycles. The van der Waals surface area contributed by atoms with Crippen molar-refractivity contribution >= 4 is 39.5 Å². The molecule has 0 aliphatic rings. The number of hydrogen-bond acceptors (Lipinski definition) is 15. The molecule has 0 saturated heterocycles. The van der Waals surface area contributed by atoms with Crippen molar-refractivity contribution in [3.8, 4) is 0 Å². The summed E-state index contributed by atoms with van der Waals surface area (Å²) >= 11 is 0. The number of ether oxygens (including phenoxy) is 4. The Morgan fingerprint density at radius 2 is 0.515 bits per heavy atom. The van der Waals surface area contributed by atoms with Crippen LogP contribution >= 0.6 is 15.6 Å². The lowest BCUT2D eigenvalue weighted by molar-refractivity contribution is -0.161. The van der Waals surface area contributed by atoms with E-state index in [1.165, 1.54) is 225 Å². The number of phosphoric ester groups is 2. The molecule has 99 heavy (non-hydrogen) atoms. The summed E-state index contributed by atoms with van der Waals surface area (Å²) in [6, 6.07) is 0. The van der Waals surface area contributed by atoms with Crippen LogP contribution in [0.25, 0.3) is 0 Å². The summed E-state index contributed by atoms with van der Waals surface area (Å²) in [6.45, 7) is 11.9. The molecule has 0 aliphatic heterocycles. The first-order chi connectivity index (χ1) is 47.8. The number of aliphatic hydroxyl groups is 1. The Morgan fingerprint density at radius 3 is 0.768 bits per heavy atom. The highest BCUT2D eigenvalue weighted by Gasteiger charge is 2.30. The number of unbranched alkanes of at least 4 members (excludes halogenated alkanes) is 44. The first kappa shape index (κ1) is 97.1. The van der Waals surface area contributed by atoms with Crippen LogP contribution in [0.3, 0.4) is 0 Å². The van der Waals surface area contributed by atoms with Gasteiger partial charge in [0, 0.05) is 25.7 Å². The normalized spacial score (nSPS) is 14.5. The van der Waals surface area contributed by atoms with E-state index in [1.807, 2.05) is 0 Å². The third kappa shape index (κ3) is 71.5. The molecule has 0 aromatic rings. The zero-order valence-electron chi connectivity index (χ0n) is 65.0. The fourth-order valence-corrected chi connectivity index (χ4v) is 13.8. The Balaban J connectivity index is 5.23. The minimum absolute atomic E-state index is 0.105. The van der Waals surface area contributed by atoms with E-state index in [9.17, 15) is 43.2 Å². The zero-order chi connectivity index (χ0) is 73.0. The highest BCUT2D eigenvalue weighted by molar-refractivity contribution is 7.47. The number of phosphoric acid groups is 2. The van der Waals surface area contributed by atoms with Crippen LogP contribution in [-0.4, -0.2) is 96.7 Å². The zero-order valence-corrected chi connectivity index (χ0v) is 66.8. The SMILES string of the molecule is CCCCCCCCCCCCCCCCCCCCCCCC(=O)O[C@H](COC(=O)CCCCCCCCCCCCCC(C)C)COP(=O)(O)OC[C@@H](O)COP(=O)(O)OC[C@@H](COC(=O)CCCCCCCCCCC(C)CC)OC(=O)CCCCCCCCCCC(C)CC. The van der Waals surface area contributed by atoms with Gasteiger partial charge in [0.1, 0.15) is 19.3 Å². The fourth-order valence-electron chi connectivity index (χ4n) is 12.2. The van der Waals surface area contributed by atoms with Gasteiger partial charge in [0.15, 0.2) is 12.2 Å². The van der Waals surface area contributed by atoms with Crippen molar-refractivity contribution in [3.05, 3.63) is 0 Å². The molecule has 0 fully saturated rings. The minimum Gasteiger partial charge on any atom is -0.462 e. The molecule has 0 amide bonds. The first-order valence-corrected chi connectivity index (χ1v) is 44.4. The molecule has 0 bridgehead atoms. The molecule has 0 spiro atoms. The van der Waals surface area contributed by atoms with Gasteiger partial charge in [0.05, 0.1) is 26.4 Å². The fraction of sp³-hybridized carbons (Fsp3) is 0.950. The standard InChI is InChI=1S/C80H156O17P2/c1-8-11-12-13-14-15-16-17-18-19-20-21-22-23-24-25-28-32-42-49-56-63-79(84)96-75(67-90-77(82)61-54-47-40-31-29-26-27-30-37-44-51-58-71(4)5)69-94-98(86,87)92-65-74(81)66-93-99(88,89)95-70-76(97-80(85)64-57-50-43-36-34-39-46-53-60-73(7)10-3)68-91-78(83)62-55-48-41-35-33-38-45-52-59-72(6)9-2/h71-76,81H,8-70H2,1-7H3,(H,86,87)(H,88,89)/t72?,73?,74-,75-,76-/m1/s1. The Morgan fingerprint density at radius 1 is 0.293 bits per heavy atom. The molecule has 19 heteroatoms. The maximum atomic E-state index is 13.1. The average molecular weight is 1450 g/mol. The highest BCUT2D eigenvalue weighted by Crippen LogP contribution is 2.45. The van der Waals surface area contributed by atoms with E-state index in [0.29, 0.717) is 25.7 Å². The quantitative estimate of drug-likeness (QED) is 0.0222. The van der Waals surface area contributed by atoms with Crippen LogP contribution in [-0.2, 0) is 65.4 Å². The number of aliphatic hydroxyl groups excluding tert-OH is 1. The van der Waals surface area contributed by atoms with E-state index >= 15 is 0 Å². The topological polar surface area (TPSA) is 237 Å². The monoisotopic (exact) mass is 1450 g/mol. The van der Waals surface area contributed by atoms with E-state index in [2.05, 4.69) is 48.5 Å². The molecule has 0 heterocycles. The molecular formula is C80H156O17P2. The summed E-state index contributed by atoms with van der Waals surface area (Å²) in [7, 11) is -9.92. The van der Waals surface area contributed by atoms with Crippen molar-refractivity contribution in [3.63, 3.8) is 0 Å². The number of carbonyl (C=O) groups is 4. The van der Waals surface area contributed by atoms with Crippen LogP contribution < -0.4 is 0 Å². The Kier molecular flexibility index (Phi) is 69.0. The molecule has 17 nitrogen and oxygen atoms in total. The maximum absolute atomic E-state index is 13.1. The van der Waals surface area contributed by atoms with Gasteiger partial charge in [-0.3, -0.25) is 37.3 Å². The number of carbonyl (C=O) groups excluding carboxylic acids is 4. The van der Waals surface area contributed by atoms with E-state index in [4.69, 9.17) is 37.0 Å². The smallest absolute Gasteiger partial charge is 0.462 e. The molecule has 7 atom stereocenters. The summed E-state index contributed by atoms with van der Waals surface area (Å²) in [4.78, 5) is 73.0. The second-order valence-corrected chi connectivity index (χ2v) is 32.7. The summed E-state index contributed by atoms with van der Waals surface area (Å²) in [5.74, 6) is 0.203. The predicted octanol–water partition coefficient (Wildman–Crippen LogP) is 23.7. The van der Waals surface area contributed by atoms with Gasteiger partial charge in [-0.25, -0.2) is 9.13 Å². The Labute approximate surface area is 607 Å². The van der Waals surface area contributed by atoms with Crippen LogP contribution in [0.15, 0.2) is 0 Å². The Hall–Kier alpha value is -1.94. The van der Waals surface area contributed by atoms with Gasteiger partial charge in [0.25, 0.3) is 0 Å². The second-order valence-electron chi connectivity index (χ2n) is 29.8. The number of hydrogen-bond donors (Lipinski definition) is 3.